The Hall–Kier alpha value is -0.570. The first-order valence-corrected chi connectivity index (χ1v) is 4.10. The van der Waals surface area contributed by atoms with Gasteiger partial charge in [-0.2, -0.15) is 0 Å². The van der Waals surface area contributed by atoms with Gasteiger partial charge in [0, 0.05) is 6.92 Å². The van der Waals surface area contributed by atoms with Crippen LogP contribution in [0.5, 0.6) is 0 Å². The maximum atomic E-state index is 10.8. The highest BCUT2D eigenvalue weighted by atomic mass is 16.3. The standard InChI is InChI=1S/C8H13NO2/c1-6(10)9-4-8(11,5-9)7-2-3-7/h7,11H,2-5H2,1H3. The molecule has 0 aromatic carbocycles. The van der Waals surface area contributed by atoms with Gasteiger partial charge in [0.05, 0.1) is 13.1 Å². The van der Waals surface area contributed by atoms with Crippen LogP contribution in [0.1, 0.15) is 19.8 Å². The maximum Gasteiger partial charge on any atom is 0.219 e. The maximum absolute atomic E-state index is 10.8. The number of likely N-dealkylation sites (tertiary alicyclic amines) is 1. The van der Waals surface area contributed by atoms with Crippen LogP contribution in [0.15, 0.2) is 0 Å². The number of aliphatic hydroxyl groups is 1. The average molecular weight is 155 g/mol. The smallest absolute Gasteiger partial charge is 0.219 e. The fourth-order valence-corrected chi connectivity index (χ4v) is 1.72. The van der Waals surface area contributed by atoms with Gasteiger partial charge in [0.15, 0.2) is 0 Å². The van der Waals surface area contributed by atoms with Gasteiger partial charge in [0.2, 0.25) is 5.91 Å². The first-order chi connectivity index (χ1) is 5.12. The third kappa shape index (κ3) is 1.03. The van der Waals surface area contributed by atoms with E-state index in [1.54, 1.807) is 11.8 Å². The van der Waals surface area contributed by atoms with Crippen LogP contribution >= 0.6 is 0 Å². The van der Waals surface area contributed by atoms with Crippen molar-refractivity contribution in [2.24, 2.45) is 5.92 Å². The molecular weight excluding hydrogens is 142 g/mol. The summed E-state index contributed by atoms with van der Waals surface area (Å²) in [6.45, 7) is 2.67. The lowest BCUT2D eigenvalue weighted by atomic mass is 9.89. The van der Waals surface area contributed by atoms with E-state index in [2.05, 4.69) is 0 Å². The van der Waals surface area contributed by atoms with Crippen LogP contribution in [0, 0.1) is 5.92 Å². The topological polar surface area (TPSA) is 40.5 Å². The van der Waals surface area contributed by atoms with Crippen LogP contribution in [0.4, 0.5) is 0 Å². The summed E-state index contributed by atoms with van der Waals surface area (Å²) in [5, 5.41) is 9.78. The quantitative estimate of drug-likeness (QED) is 0.578. The minimum Gasteiger partial charge on any atom is -0.386 e. The van der Waals surface area contributed by atoms with E-state index >= 15 is 0 Å². The van der Waals surface area contributed by atoms with Gasteiger partial charge in [0.1, 0.15) is 5.60 Å². The van der Waals surface area contributed by atoms with E-state index in [0.717, 1.165) is 12.8 Å². The van der Waals surface area contributed by atoms with Gasteiger partial charge >= 0.3 is 0 Å². The molecule has 62 valence electrons. The highest BCUT2D eigenvalue weighted by Crippen LogP contribution is 2.44. The third-order valence-corrected chi connectivity index (χ3v) is 2.71. The third-order valence-electron chi connectivity index (χ3n) is 2.71. The van der Waals surface area contributed by atoms with E-state index in [0.29, 0.717) is 19.0 Å². The van der Waals surface area contributed by atoms with Crippen molar-refractivity contribution >= 4 is 5.91 Å². The molecular formula is C8H13NO2. The summed E-state index contributed by atoms with van der Waals surface area (Å²) < 4.78 is 0. The Morgan fingerprint density at radius 3 is 2.45 bits per heavy atom. The number of carbonyl (C=O) groups is 1. The van der Waals surface area contributed by atoms with Crippen LogP contribution < -0.4 is 0 Å². The second kappa shape index (κ2) is 1.97. The summed E-state index contributed by atoms with van der Waals surface area (Å²) in [7, 11) is 0. The van der Waals surface area contributed by atoms with Gasteiger partial charge in [-0.15, -0.1) is 0 Å². The zero-order valence-electron chi connectivity index (χ0n) is 6.71. The van der Waals surface area contributed by atoms with Crippen molar-refractivity contribution in [3.8, 4) is 0 Å². The monoisotopic (exact) mass is 155 g/mol. The van der Waals surface area contributed by atoms with Crippen LogP contribution in [0.25, 0.3) is 0 Å². The number of carbonyl (C=O) groups excluding carboxylic acids is 1. The molecule has 0 bridgehead atoms. The van der Waals surface area contributed by atoms with Crippen LogP contribution in [0.2, 0.25) is 0 Å². The van der Waals surface area contributed by atoms with Gasteiger partial charge < -0.3 is 10.0 Å². The van der Waals surface area contributed by atoms with E-state index in [4.69, 9.17) is 0 Å². The Morgan fingerprint density at radius 1 is 1.55 bits per heavy atom. The Bertz CT molecular complexity index is 192. The molecule has 0 radical (unpaired) electrons. The number of hydrogen-bond donors (Lipinski definition) is 1. The minimum absolute atomic E-state index is 0.0790. The number of hydrogen-bond acceptors (Lipinski definition) is 2. The predicted molar refractivity (Wildman–Crippen MR) is 39.9 cm³/mol. The van der Waals surface area contributed by atoms with E-state index < -0.39 is 5.60 Å². The molecule has 0 aromatic heterocycles. The summed E-state index contributed by atoms with van der Waals surface area (Å²) in [6, 6.07) is 0. The molecule has 0 unspecified atom stereocenters. The lowest BCUT2D eigenvalue weighted by Crippen LogP contribution is -2.64. The van der Waals surface area contributed by atoms with Crippen molar-refractivity contribution in [2.75, 3.05) is 13.1 Å². The molecule has 1 aliphatic carbocycles. The van der Waals surface area contributed by atoms with Crippen molar-refractivity contribution in [2.45, 2.75) is 25.4 Å². The van der Waals surface area contributed by atoms with Crippen LogP contribution in [-0.2, 0) is 4.79 Å². The number of amides is 1. The van der Waals surface area contributed by atoms with Crippen molar-refractivity contribution < 1.29 is 9.90 Å². The molecule has 3 heteroatoms. The van der Waals surface area contributed by atoms with Crippen molar-refractivity contribution in [1.29, 1.82) is 0 Å². The van der Waals surface area contributed by atoms with Crippen molar-refractivity contribution in [3.05, 3.63) is 0 Å². The van der Waals surface area contributed by atoms with Crippen molar-refractivity contribution in [1.82, 2.24) is 4.90 Å². The van der Waals surface area contributed by atoms with Gasteiger partial charge in [-0.1, -0.05) is 0 Å². The summed E-state index contributed by atoms with van der Waals surface area (Å²) in [4.78, 5) is 12.5. The molecule has 1 amide bonds. The van der Waals surface area contributed by atoms with E-state index in [1.165, 1.54) is 0 Å². The highest BCUT2D eigenvalue weighted by molar-refractivity contribution is 5.74. The fraction of sp³-hybridized carbons (Fsp3) is 0.875. The van der Waals surface area contributed by atoms with E-state index in [9.17, 15) is 9.90 Å². The summed E-state index contributed by atoms with van der Waals surface area (Å²) in [6.07, 6.45) is 2.28. The number of rotatable bonds is 1. The molecule has 2 fully saturated rings. The Kier molecular flexibility index (Phi) is 1.27. The Balaban J connectivity index is 1.90. The minimum atomic E-state index is -0.508. The Labute approximate surface area is 66.0 Å². The average Bonchev–Trinajstić information content (AvgIpc) is 2.60. The second-order valence-corrected chi connectivity index (χ2v) is 3.75. The largest absolute Gasteiger partial charge is 0.386 e. The van der Waals surface area contributed by atoms with Gasteiger partial charge in [-0.25, -0.2) is 0 Å². The first-order valence-electron chi connectivity index (χ1n) is 4.10. The molecule has 0 aromatic rings. The molecule has 2 aliphatic rings. The van der Waals surface area contributed by atoms with Crippen LogP contribution in [-0.4, -0.2) is 34.6 Å². The molecule has 1 saturated carbocycles. The SMILES string of the molecule is CC(=O)N1CC(O)(C2CC2)C1. The molecule has 1 N–H and O–H groups in total. The van der Waals surface area contributed by atoms with E-state index in [-0.39, 0.29) is 5.91 Å². The summed E-state index contributed by atoms with van der Waals surface area (Å²) in [5.41, 5.74) is -0.508. The fourth-order valence-electron chi connectivity index (χ4n) is 1.72. The lowest BCUT2D eigenvalue weighted by molar-refractivity contribution is -0.156. The molecule has 1 heterocycles. The molecule has 0 spiro atoms. The first kappa shape index (κ1) is 7.10. The predicted octanol–water partition coefficient (Wildman–Crippen LogP) is -0.0104. The van der Waals surface area contributed by atoms with Crippen molar-refractivity contribution in [3.63, 3.8) is 0 Å². The molecule has 11 heavy (non-hydrogen) atoms. The van der Waals surface area contributed by atoms with E-state index in [1.807, 2.05) is 0 Å². The van der Waals surface area contributed by atoms with Gasteiger partial charge in [-0.05, 0) is 18.8 Å². The Morgan fingerprint density at radius 2 is 2.09 bits per heavy atom. The zero-order valence-corrected chi connectivity index (χ0v) is 6.71. The zero-order chi connectivity index (χ0) is 8.06. The summed E-state index contributed by atoms with van der Waals surface area (Å²) in [5.74, 6) is 0.563. The molecule has 1 saturated heterocycles. The molecule has 2 rings (SSSR count). The number of β-amino-alcohol motifs (C(OH)–C–C–N with tert-alkyl or cyclic N) is 1. The molecule has 3 nitrogen and oxygen atoms in total. The number of nitrogens with zero attached hydrogens (tertiary/aromatic N) is 1. The van der Waals surface area contributed by atoms with Crippen LogP contribution in [0.3, 0.4) is 0 Å². The molecule has 1 aliphatic heterocycles. The lowest BCUT2D eigenvalue weighted by Gasteiger charge is -2.46. The van der Waals surface area contributed by atoms with Gasteiger partial charge in [-0.3, -0.25) is 4.79 Å². The normalized spacial score (nSPS) is 28.0. The highest BCUT2D eigenvalue weighted by Gasteiger charge is 2.52. The second-order valence-electron chi connectivity index (χ2n) is 3.75. The van der Waals surface area contributed by atoms with Gasteiger partial charge in [0.25, 0.3) is 0 Å². The molecule has 0 atom stereocenters. The summed E-state index contributed by atoms with van der Waals surface area (Å²) >= 11 is 0.